The van der Waals surface area contributed by atoms with Crippen LogP contribution in [0.5, 0.6) is 0 Å². The van der Waals surface area contributed by atoms with Gasteiger partial charge >= 0.3 is 5.97 Å². The summed E-state index contributed by atoms with van der Waals surface area (Å²) in [4.78, 5) is 35.8. The first-order chi connectivity index (χ1) is 14.5. The molecule has 0 atom stereocenters. The Morgan fingerprint density at radius 3 is 2.23 bits per heavy atom. The number of ether oxygens (including phenoxy) is 1. The fraction of sp³-hybridized carbons (Fsp3) is 0.480. The van der Waals surface area contributed by atoms with Gasteiger partial charge in [0.15, 0.2) is 11.6 Å². The second kappa shape index (κ2) is 7.53. The van der Waals surface area contributed by atoms with Crippen LogP contribution in [0, 0.1) is 23.2 Å². The number of nitrogens with one attached hydrogen (secondary N) is 1. The van der Waals surface area contributed by atoms with Gasteiger partial charge in [0.05, 0.1) is 12.2 Å². The van der Waals surface area contributed by atoms with Gasteiger partial charge < -0.3 is 10.1 Å². The highest BCUT2D eigenvalue weighted by Gasteiger charge is 2.51. The molecule has 0 unspecified atom stereocenters. The highest BCUT2D eigenvalue weighted by molar-refractivity contribution is 6.17. The molecule has 5 heteroatoms. The minimum absolute atomic E-state index is 0.160. The van der Waals surface area contributed by atoms with Crippen LogP contribution in [0.1, 0.15) is 48.9 Å². The fourth-order valence-corrected chi connectivity index (χ4v) is 6.38. The van der Waals surface area contributed by atoms with Gasteiger partial charge in [0.25, 0.3) is 0 Å². The second-order valence-corrected chi connectivity index (χ2v) is 9.69. The zero-order valence-corrected chi connectivity index (χ0v) is 17.1. The van der Waals surface area contributed by atoms with Crippen molar-refractivity contribution < 1.29 is 19.1 Å². The smallest absolute Gasteiger partial charge is 0.338 e. The molecule has 5 aliphatic rings. The first-order valence-corrected chi connectivity index (χ1v) is 11.0. The van der Waals surface area contributed by atoms with Gasteiger partial charge in [-0.25, -0.2) is 4.79 Å². The van der Waals surface area contributed by atoms with Gasteiger partial charge in [-0.15, -0.1) is 0 Å². The summed E-state index contributed by atoms with van der Waals surface area (Å²) >= 11 is 0. The lowest BCUT2D eigenvalue weighted by Crippen LogP contribution is -2.48. The molecule has 5 nitrogen and oxygen atoms in total. The number of carbonyl (C=O) groups is 3. The first kappa shape index (κ1) is 19.3. The third kappa shape index (κ3) is 3.85. The van der Waals surface area contributed by atoms with Crippen molar-refractivity contribution in [1.29, 1.82) is 0 Å². The van der Waals surface area contributed by atoms with Crippen LogP contribution in [0.3, 0.4) is 0 Å². The Morgan fingerprint density at radius 2 is 1.60 bits per heavy atom. The van der Waals surface area contributed by atoms with E-state index in [0.717, 1.165) is 23.4 Å². The molecule has 5 aliphatic carbocycles. The summed E-state index contributed by atoms with van der Waals surface area (Å²) < 4.78 is 5.78. The molecular weight excluding hydrogens is 378 g/mol. The van der Waals surface area contributed by atoms with Crippen LogP contribution >= 0.6 is 0 Å². The maximum atomic E-state index is 12.6. The monoisotopic (exact) mass is 405 g/mol. The van der Waals surface area contributed by atoms with E-state index in [2.05, 4.69) is 5.32 Å². The molecule has 0 heterocycles. The van der Waals surface area contributed by atoms with E-state index in [0.29, 0.717) is 17.7 Å². The number of hydrogen-bond acceptors (Lipinski definition) is 5. The summed E-state index contributed by atoms with van der Waals surface area (Å²) in [5, 5.41) is 3.13. The van der Waals surface area contributed by atoms with Gasteiger partial charge in [0.1, 0.15) is 0 Å². The number of benzene rings is 1. The predicted molar refractivity (Wildman–Crippen MR) is 113 cm³/mol. The Kier molecular flexibility index (Phi) is 4.84. The lowest BCUT2D eigenvalue weighted by molar-refractivity contribution is -0.114. The van der Waals surface area contributed by atoms with E-state index in [-0.39, 0.29) is 29.5 Å². The third-order valence-corrected chi connectivity index (χ3v) is 7.31. The standard InChI is InChI=1S/C25H27NO4/c27-22-5-6-23(28)20(10-22)14-26-21-3-1-19(2-4-21)24(29)30-15-25-11-16-7-17(12-25)9-18(8-16)13-25/h1-6,10,16-18,26H,7-9,11-15H2. The molecular formula is C25H27NO4. The number of allylic oxidation sites excluding steroid dienone is 3. The highest BCUT2D eigenvalue weighted by Crippen LogP contribution is 2.60. The number of rotatable bonds is 6. The van der Waals surface area contributed by atoms with E-state index in [1.54, 1.807) is 24.3 Å². The van der Waals surface area contributed by atoms with Crippen LogP contribution in [0.4, 0.5) is 5.69 Å². The quantitative estimate of drug-likeness (QED) is 0.570. The van der Waals surface area contributed by atoms with Crippen LogP contribution in [0.2, 0.25) is 0 Å². The van der Waals surface area contributed by atoms with Gasteiger partial charge in [-0.05, 0) is 98.8 Å². The first-order valence-electron chi connectivity index (χ1n) is 11.0. The van der Waals surface area contributed by atoms with Crippen LogP contribution in [0.25, 0.3) is 0 Å². The zero-order valence-electron chi connectivity index (χ0n) is 17.1. The van der Waals surface area contributed by atoms with Gasteiger partial charge in [-0.3, -0.25) is 9.59 Å². The molecule has 156 valence electrons. The summed E-state index contributed by atoms with van der Waals surface area (Å²) in [7, 11) is 0. The molecule has 6 rings (SSSR count). The number of hydrogen-bond donors (Lipinski definition) is 1. The Labute approximate surface area is 176 Å². The molecule has 0 saturated heterocycles. The minimum Gasteiger partial charge on any atom is -0.462 e. The molecule has 1 aromatic carbocycles. The summed E-state index contributed by atoms with van der Waals surface area (Å²) in [6.45, 7) is 0.817. The summed E-state index contributed by atoms with van der Waals surface area (Å²) in [6, 6.07) is 7.08. The molecule has 4 saturated carbocycles. The molecule has 1 N–H and O–H groups in total. The molecule has 0 spiro atoms. The van der Waals surface area contributed by atoms with Crippen LogP contribution in [-0.2, 0) is 14.3 Å². The van der Waals surface area contributed by atoms with E-state index < -0.39 is 0 Å². The van der Waals surface area contributed by atoms with Crippen molar-refractivity contribution in [3.05, 3.63) is 53.6 Å². The molecule has 0 amide bonds. The Balaban J connectivity index is 1.15. The minimum atomic E-state index is -0.266. The average molecular weight is 405 g/mol. The van der Waals surface area contributed by atoms with E-state index in [4.69, 9.17) is 4.74 Å². The van der Waals surface area contributed by atoms with Crippen molar-refractivity contribution >= 4 is 23.2 Å². The Morgan fingerprint density at radius 1 is 0.967 bits per heavy atom. The van der Waals surface area contributed by atoms with Crippen molar-refractivity contribution in [2.45, 2.75) is 38.5 Å². The summed E-state index contributed by atoms with van der Waals surface area (Å²) in [5.74, 6) is 1.93. The molecule has 0 aromatic heterocycles. The van der Waals surface area contributed by atoms with Gasteiger partial charge in [0, 0.05) is 23.2 Å². The molecule has 4 bridgehead atoms. The molecule has 0 radical (unpaired) electrons. The fourth-order valence-electron chi connectivity index (χ4n) is 6.38. The van der Waals surface area contributed by atoms with Gasteiger partial charge in [0.2, 0.25) is 0 Å². The molecule has 4 fully saturated rings. The van der Waals surface area contributed by atoms with Crippen molar-refractivity contribution in [1.82, 2.24) is 0 Å². The Hall–Kier alpha value is -2.69. The number of anilines is 1. The normalized spacial score (nSPS) is 31.6. The maximum Gasteiger partial charge on any atom is 0.338 e. The van der Waals surface area contributed by atoms with Crippen molar-refractivity contribution in [3.8, 4) is 0 Å². The lowest BCUT2D eigenvalue weighted by atomic mass is 9.50. The van der Waals surface area contributed by atoms with E-state index in [1.165, 1.54) is 56.8 Å². The predicted octanol–water partition coefficient (Wildman–Crippen LogP) is 4.11. The maximum absolute atomic E-state index is 12.6. The number of esters is 1. The second-order valence-electron chi connectivity index (χ2n) is 9.69. The van der Waals surface area contributed by atoms with E-state index in [9.17, 15) is 14.4 Å². The van der Waals surface area contributed by atoms with Crippen LogP contribution in [-0.4, -0.2) is 30.7 Å². The Bertz CT molecular complexity index is 905. The third-order valence-electron chi connectivity index (χ3n) is 7.31. The zero-order chi connectivity index (χ0) is 20.7. The SMILES string of the molecule is O=C1C=CC(=O)C(CNc2ccc(C(=O)OCC34CC5CC(CC(C5)C3)C4)cc2)=C1. The lowest BCUT2D eigenvalue weighted by Gasteiger charge is -2.56. The van der Waals surface area contributed by atoms with E-state index in [1.807, 2.05) is 0 Å². The summed E-state index contributed by atoms with van der Waals surface area (Å²) in [5.41, 5.74) is 1.97. The largest absolute Gasteiger partial charge is 0.462 e. The molecule has 0 aliphatic heterocycles. The number of ketones is 2. The van der Waals surface area contributed by atoms with Gasteiger partial charge in [-0.1, -0.05) is 0 Å². The van der Waals surface area contributed by atoms with Gasteiger partial charge in [-0.2, -0.15) is 0 Å². The average Bonchev–Trinajstić information content (AvgIpc) is 2.72. The van der Waals surface area contributed by atoms with Crippen molar-refractivity contribution in [2.24, 2.45) is 23.2 Å². The molecule has 1 aromatic rings. The van der Waals surface area contributed by atoms with Crippen LogP contribution < -0.4 is 5.32 Å². The van der Waals surface area contributed by atoms with Crippen molar-refractivity contribution in [3.63, 3.8) is 0 Å². The topological polar surface area (TPSA) is 72.5 Å². The van der Waals surface area contributed by atoms with E-state index >= 15 is 0 Å². The molecule has 30 heavy (non-hydrogen) atoms. The summed E-state index contributed by atoms with van der Waals surface area (Å²) in [6.07, 6.45) is 11.7. The van der Waals surface area contributed by atoms with Crippen LogP contribution in [0.15, 0.2) is 48.1 Å². The number of carbonyl (C=O) groups excluding carboxylic acids is 3. The van der Waals surface area contributed by atoms with Crippen molar-refractivity contribution in [2.75, 3.05) is 18.5 Å². The highest BCUT2D eigenvalue weighted by atomic mass is 16.5.